The van der Waals surface area contributed by atoms with Gasteiger partial charge in [-0.15, -0.1) is 0 Å². The fraction of sp³-hybridized carbons (Fsp3) is 0.812. The van der Waals surface area contributed by atoms with E-state index >= 15 is 0 Å². The first kappa shape index (κ1) is 17.2. The molecule has 2 unspecified atom stereocenters. The Hall–Kier alpha value is -0.870. The fourth-order valence-corrected chi connectivity index (χ4v) is 2.70. The number of rotatable bonds is 9. The highest BCUT2D eigenvalue weighted by molar-refractivity contribution is 5.14. The van der Waals surface area contributed by atoms with E-state index < -0.39 is 0 Å². The van der Waals surface area contributed by atoms with Crippen molar-refractivity contribution in [3.05, 3.63) is 18.0 Å². The molecule has 1 N–H and O–H groups in total. The van der Waals surface area contributed by atoms with Gasteiger partial charge in [-0.2, -0.15) is 5.10 Å². The van der Waals surface area contributed by atoms with Crippen molar-refractivity contribution in [3.8, 4) is 0 Å². The van der Waals surface area contributed by atoms with Gasteiger partial charge in [0, 0.05) is 18.3 Å². The van der Waals surface area contributed by atoms with Crippen LogP contribution in [0.3, 0.4) is 0 Å². The SMILES string of the molecule is CCCNC(c1ccnn1CCC)C(C)(CC)N(C)C. The molecule has 0 radical (unpaired) electrons. The molecule has 1 heterocycles. The van der Waals surface area contributed by atoms with E-state index in [4.69, 9.17) is 0 Å². The zero-order valence-corrected chi connectivity index (χ0v) is 14.1. The first-order chi connectivity index (χ1) is 9.51. The van der Waals surface area contributed by atoms with Crippen LogP contribution in [0, 0.1) is 0 Å². The van der Waals surface area contributed by atoms with Crippen LogP contribution in [-0.4, -0.2) is 40.9 Å². The molecular weight excluding hydrogens is 248 g/mol. The molecular formula is C16H32N4. The minimum Gasteiger partial charge on any atom is -0.307 e. The lowest BCUT2D eigenvalue weighted by Crippen LogP contribution is -2.52. The molecule has 0 aliphatic heterocycles. The number of aromatic nitrogens is 2. The Labute approximate surface area is 124 Å². The predicted molar refractivity (Wildman–Crippen MR) is 85.9 cm³/mol. The fourth-order valence-electron chi connectivity index (χ4n) is 2.70. The van der Waals surface area contributed by atoms with Crippen LogP contribution in [-0.2, 0) is 6.54 Å². The third-order valence-electron chi connectivity index (χ3n) is 4.44. The van der Waals surface area contributed by atoms with E-state index in [9.17, 15) is 0 Å². The first-order valence-electron chi connectivity index (χ1n) is 7.93. The van der Waals surface area contributed by atoms with Crippen molar-refractivity contribution in [1.82, 2.24) is 20.0 Å². The van der Waals surface area contributed by atoms with E-state index in [0.717, 1.165) is 32.4 Å². The lowest BCUT2D eigenvalue weighted by Gasteiger charge is -2.43. The smallest absolute Gasteiger partial charge is 0.0675 e. The van der Waals surface area contributed by atoms with E-state index in [1.807, 2.05) is 6.20 Å². The lowest BCUT2D eigenvalue weighted by molar-refractivity contribution is 0.108. The molecule has 0 aromatic carbocycles. The number of nitrogens with zero attached hydrogens (tertiary/aromatic N) is 3. The van der Waals surface area contributed by atoms with Crippen LogP contribution in [0.5, 0.6) is 0 Å². The van der Waals surface area contributed by atoms with Gasteiger partial charge < -0.3 is 10.2 Å². The van der Waals surface area contributed by atoms with Crippen LogP contribution >= 0.6 is 0 Å². The zero-order chi connectivity index (χ0) is 15.2. The van der Waals surface area contributed by atoms with Crippen LogP contribution in [0.2, 0.25) is 0 Å². The minimum atomic E-state index is 0.0840. The highest BCUT2D eigenvalue weighted by atomic mass is 15.3. The molecule has 1 rings (SSSR count). The Morgan fingerprint density at radius 1 is 1.30 bits per heavy atom. The van der Waals surface area contributed by atoms with Crippen LogP contribution in [0.15, 0.2) is 12.3 Å². The second-order valence-electron chi connectivity index (χ2n) is 5.97. The number of aryl methyl sites for hydroxylation is 1. The van der Waals surface area contributed by atoms with E-state index in [1.54, 1.807) is 0 Å². The standard InChI is InChI=1S/C16H32N4/c1-7-11-17-15(16(4,9-3)19(5)6)14-10-12-18-20(14)13-8-2/h10,12,15,17H,7-9,11,13H2,1-6H3. The molecule has 20 heavy (non-hydrogen) atoms. The Morgan fingerprint density at radius 2 is 2.00 bits per heavy atom. The van der Waals surface area contributed by atoms with E-state index in [-0.39, 0.29) is 5.54 Å². The largest absolute Gasteiger partial charge is 0.307 e. The molecule has 0 aliphatic rings. The van der Waals surface area contributed by atoms with E-state index in [1.165, 1.54) is 5.69 Å². The van der Waals surface area contributed by atoms with Gasteiger partial charge in [0.25, 0.3) is 0 Å². The molecule has 0 amide bonds. The molecule has 0 bridgehead atoms. The Balaban J connectivity index is 3.13. The second-order valence-corrected chi connectivity index (χ2v) is 5.97. The van der Waals surface area contributed by atoms with Crippen molar-refractivity contribution in [1.29, 1.82) is 0 Å². The summed E-state index contributed by atoms with van der Waals surface area (Å²) in [6, 6.07) is 2.47. The van der Waals surface area contributed by atoms with Crippen molar-refractivity contribution in [2.24, 2.45) is 0 Å². The van der Waals surface area contributed by atoms with Gasteiger partial charge in [-0.05, 0) is 52.9 Å². The Kier molecular flexibility index (Phi) is 6.69. The van der Waals surface area contributed by atoms with Gasteiger partial charge in [0.15, 0.2) is 0 Å². The molecule has 0 fully saturated rings. The average Bonchev–Trinajstić information content (AvgIpc) is 2.87. The van der Waals surface area contributed by atoms with Gasteiger partial charge in [-0.25, -0.2) is 0 Å². The zero-order valence-electron chi connectivity index (χ0n) is 14.1. The van der Waals surface area contributed by atoms with Crippen LogP contribution < -0.4 is 5.32 Å². The predicted octanol–water partition coefficient (Wildman–Crippen LogP) is 3.06. The van der Waals surface area contributed by atoms with Gasteiger partial charge in [0.05, 0.1) is 11.7 Å². The molecule has 4 nitrogen and oxygen atoms in total. The van der Waals surface area contributed by atoms with Gasteiger partial charge in [0.2, 0.25) is 0 Å². The quantitative estimate of drug-likeness (QED) is 0.754. The maximum atomic E-state index is 4.50. The first-order valence-corrected chi connectivity index (χ1v) is 7.93. The molecule has 0 aliphatic carbocycles. The molecule has 2 atom stereocenters. The molecule has 0 spiro atoms. The minimum absolute atomic E-state index is 0.0840. The maximum absolute atomic E-state index is 4.50. The molecule has 0 saturated carbocycles. The summed E-state index contributed by atoms with van der Waals surface area (Å²) in [5, 5.41) is 8.24. The molecule has 4 heteroatoms. The van der Waals surface area contributed by atoms with Gasteiger partial charge in [-0.3, -0.25) is 4.68 Å². The van der Waals surface area contributed by atoms with Crippen LogP contribution in [0.1, 0.15) is 58.7 Å². The summed E-state index contributed by atoms with van der Waals surface area (Å²) in [7, 11) is 4.34. The number of likely N-dealkylation sites (N-methyl/N-ethyl adjacent to an activating group) is 1. The molecule has 116 valence electrons. The summed E-state index contributed by atoms with van der Waals surface area (Å²) >= 11 is 0. The maximum Gasteiger partial charge on any atom is 0.0675 e. The highest BCUT2D eigenvalue weighted by Gasteiger charge is 2.37. The summed E-state index contributed by atoms with van der Waals surface area (Å²) in [5.41, 5.74) is 1.39. The Bertz CT molecular complexity index is 386. The summed E-state index contributed by atoms with van der Waals surface area (Å²) in [4.78, 5) is 2.34. The lowest BCUT2D eigenvalue weighted by atomic mass is 9.85. The summed E-state index contributed by atoms with van der Waals surface area (Å²) in [5.74, 6) is 0. The van der Waals surface area contributed by atoms with E-state index in [0.29, 0.717) is 6.04 Å². The van der Waals surface area contributed by atoms with Crippen molar-refractivity contribution < 1.29 is 0 Å². The topological polar surface area (TPSA) is 33.1 Å². The number of hydrogen-bond acceptors (Lipinski definition) is 3. The van der Waals surface area contributed by atoms with Crippen LogP contribution in [0.4, 0.5) is 0 Å². The van der Waals surface area contributed by atoms with Crippen molar-refractivity contribution in [2.45, 2.75) is 65.1 Å². The number of nitrogens with one attached hydrogen (secondary N) is 1. The summed E-state index contributed by atoms with van der Waals surface area (Å²) < 4.78 is 2.16. The third-order valence-corrected chi connectivity index (χ3v) is 4.44. The van der Waals surface area contributed by atoms with Crippen molar-refractivity contribution in [2.75, 3.05) is 20.6 Å². The van der Waals surface area contributed by atoms with Crippen molar-refractivity contribution in [3.63, 3.8) is 0 Å². The monoisotopic (exact) mass is 280 g/mol. The normalized spacial score (nSPS) is 16.4. The summed E-state index contributed by atoms with van der Waals surface area (Å²) in [6.45, 7) is 11.0. The van der Waals surface area contributed by atoms with Gasteiger partial charge >= 0.3 is 0 Å². The van der Waals surface area contributed by atoms with E-state index in [2.05, 4.69) is 67.9 Å². The van der Waals surface area contributed by atoms with Crippen molar-refractivity contribution >= 4 is 0 Å². The van der Waals surface area contributed by atoms with Gasteiger partial charge in [0.1, 0.15) is 0 Å². The highest BCUT2D eigenvalue weighted by Crippen LogP contribution is 2.32. The Morgan fingerprint density at radius 3 is 2.50 bits per heavy atom. The third kappa shape index (κ3) is 3.61. The second kappa shape index (κ2) is 7.79. The number of hydrogen-bond donors (Lipinski definition) is 1. The molecule has 0 saturated heterocycles. The van der Waals surface area contributed by atoms with Gasteiger partial charge in [-0.1, -0.05) is 20.8 Å². The average molecular weight is 280 g/mol. The van der Waals surface area contributed by atoms with Crippen LogP contribution in [0.25, 0.3) is 0 Å². The molecule has 1 aromatic heterocycles. The summed E-state index contributed by atoms with van der Waals surface area (Å²) in [6.07, 6.45) is 5.28. The molecule has 1 aromatic rings.